The second-order valence-electron chi connectivity index (χ2n) is 5.71. The van der Waals surface area contributed by atoms with Crippen molar-refractivity contribution >= 4 is 17.7 Å². The molecule has 0 spiro atoms. The van der Waals surface area contributed by atoms with Gasteiger partial charge in [-0.15, -0.1) is 5.06 Å². The van der Waals surface area contributed by atoms with Gasteiger partial charge in [-0.1, -0.05) is 36.4 Å². The molecule has 3 aromatic rings. The van der Waals surface area contributed by atoms with Crippen LogP contribution in [-0.4, -0.2) is 23.1 Å². The summed E-state index contributed by atoms with van der Waals surface area (Å²) in [7, 11) is 1.57. The third kappa shape index (κ3) is 2.91. The van der Waals surface area contributed by atoms with Crippen LogP contribution < -0.4 is 9.57 Å². The minimum absolute atomic E-state index is 0.258. The van der Waals surface area contributed by atoms with E-state index in [4.69, 9.17) is 9.57 Å². The number of benzene rings is 2. The van der Waals surface area contributed by atoms with Crippen molar-refractivity contribution in [2.45, 2.75) is 0 Å². The van der Waals surface area contributed by atoms with Crippen molar-refractivity contribution in [3.63, 3.8) is 0 Å². The summed E-state index contributed by atoms with van der Waals surface area (Å²) in [6, 6.07) is 20.5. The van der Waals surface area contributed by atoms with Crippen LogP contribution in [0.2, 0.25) is 0 Å². The van der Waals surface area contributed by atoms with Crippen LogP contribution in [0.1, 0.15) is 21.5 Å². The Morgan fingerprint density at radius 3 is 2.50 bits per heavy atom. The fourth-order valence-electron chi connectivity index (χ4n) is 2.81. The van der Waals surface area contributed by atoms with Gasteiger partial charge < -0.3 is 9.57 Å². The van der Waals surface area contributed by atoms with Crippen molar-refractivity contribution in [2.75, 3.05) is 7.11 Å². The van der Waals surface area contributed by atoms with Crippen molar-refractivity contribution < 1.29 is 14.4 Å². The maximum Gasteiger partial charge on any atom is 0.292 e. The van der Waals surface area contributed by atoms with E-state index < -0.39 is 0 Å². The molecule has 1 aromatic heterocycles. The van der Waals surface area contributed by atoms with Gasteiger partial charge in [0.15, 0.2) is 0 Å². The largest absolute Gasteiger partial charge is 0.497 e. The standard InChI is InChI=1S/C21H16N2O3/c1-25-16-10-11-17-18(14-16)21(24)23(26-20-9-5-6-12-22-20)19(17)13-15-7-3-2-4-8-15/h2-14H,1H3/b19-13-. The molecule has 2 aromatic carbocycles. The summed E-state index contributed by atoms with van der Waals surface area (Å²) in [4.78, 5) is 22.9. The Morgan fingerprint density at radius 1 is 0.962 bits per heavy atom. The van der Waals surface area contributed by atoms with Gasteiger partial charge in [-0.2, -0.15) is 0 Å². The smallest absolute Gasteiger partial charge is 0.292 e. The van der Waals surface area contributed by atoms with Gasteiger partial charge in [-0.3, -0.25) is 4.79 Å². The average Bonchev–Trinajstić information content (AvgIpc) is 2.95. The van der Waals surface area contributed by atoms with Crippen LogP contribution in [0, 0.1) is 0 Å². The number of pyridine rings is 1. The predicted molar refractivity (Wildman–Crippen MR) is 98.3 cm³/mol. The van der Waals surface area contributed by atoms with Gasteiger partial charge in [0.05, 0.1) is 18.4 Å². The number of hydrogen-bond acceptors (Lipinski definition) is 4. The number of carbonyl (C=O) groups is 1. The van der Waals surface area contributed by atoms with Crippen LogP contribution in [0.3, 0.4) is 0 Å². The molecule has 5 heteroatoms. The lowest BCUT2D eigenvalue weighted by Crippen LogP contribution is -2.27. The summed E-state index contributed by atoms with van der Waals surface area (Å²) in [6.07, 6.45) is 3.53. The fourth-order valence-corrected chi connectivity index (χ4v) is 2.81. The fraction of sp³-hybridized carbons (Fsp3) is 0.0476. The normalized spacial score (nSPS) is 14.4. The van der Waals surface area contributed by atoms with Crippen LogP contribution in [0.15, 0.2) is 72.9 Å². The summed E-state index contributed by atoms with van der Waals surface area (Å²) >= 11 is 0. The molecule has 1 aliphatic rings. The van der Waals surface area contributed by atoms with Gasteiger partial charge in [0.2, 0.25) is 5.88 Å². The monoisotopic (exact) mass is 344 g/mol. The highest BCUT2D eigenvalue weighted by atomic mass is 16.7. The van der Waals surface area contributed by atoms with Crippen LogP contribution in [0.4, 0.5) is 0 Å². The number of fused-ring (bicyclic) bond motifs is 1. The summed E-state index contributed by atoms with van der Waals surface area (Å²) in [5.74, 6) is 0.710. The minimum Gasteiger partial charge on any atom is -0.497 e. The molecular weight excluding hydrogens is 328 g/mol. The number of ether oxygens (including phenoxy) is 1. The van der Waals surface area contributed by atoms with Gasteiger partial charge in [-0.05, 0) is 35.9 Å². The molecule has 1 aliphatic heterocycles. The van der Waals surface area contributed by atoms with Crippen molar-refractivity contribution in [1.82, 2.24) is 10.0 Å². The molecule has 26 heavy (non-hydrogen) atoms. The third-order valence-electron chi connectivity index (χ3n) is 4.06. The molecule has 0 saturated heterocycles. The SMILES string of the molecule is COc1ccc2c(c1)C(=O)N(Oc1ccccn1)/C2=C\c1ccccc1. The first kappa shape index (κ1) is 15.9. The predicted octanol–water partition coefficient (Wildman–Crippen LogP) is 4.04. The van der Waals surface area contributed by atoms with E-state index in [1.165, 1.54) is 5.06 Å². The molecule has 2 heterocycles. The molecule has 0 N–H and O–H groups in total. The second-order valence-corrected chi connectivity index (χ2v) is 5.71. The number of rotatable bonds is 4. The molecule has 0 aliphatic carbocycles. The van der Waals surface area contributed by atoms with Gasteiger partial charge in [0.25, 0.3) is 5.91 Å². The van der Waals surface area contributed by atoms with Gasteiger partial charge >= 0.3 is 0 Å². The Bertz CT molecular complexity index is 969. The zero-order chi connectivity index (χ0) is 17.9. The Morgan fingerprint density at radius 2 is 1.77 bits per heavy atom. The van der Waals surface area contributed by atoms with Crippen LogP contribution in [0.25, 0.3) is 11.8 Å². The topological polar surface area (TPSA) is 51.7 Å². The van der Waals surface area contributed by atoms with Crippen molar-refractivity contribution in [1.29, 1.82) is 0 Å². The van der Waals surface area contributed by atoms with Gasteiger partial charge in [-0.25, -0.2) is 4.98 Å². The molecule has 1 amide bonds. The van der Waals surface area contributed by atoms with E-state index in [-0.39, 0.29) is 5.91 Å². The highest BCUT2D eigenvalue weighted by Crippen LogP contribution is 2.36. The molecule has 0 unspecified atom stereocenters. The number of nitrogens with zero attached hydrogens (tertiary/aromatic N) is 2. The Hall–Kier alpha value is -3.60. The lowest BCUT2D eigenvalue weighted by Gasteiger charge is -2.17. The Kier molecular flexibility index (Phi) is 4.11. The summed E-state index contributed by atoms with van der Waals surface area (Å²) in [5, 5.41) is 1.28. The zero-order valence-corrected chi connectivity index (χ0v) is 14.1. The molecule has 0 bridgehead atoms. The molecular formula is C21H16N2O3. The number of carbonyl (C=O) groups excluding carboxylic acids is 1. The van der Waals surface area contributed by atoms with Crippen molar-refractivity contribution in [3.05, 3.63) is 89.6 Å². The number of hydroxylamine groups is 2. The third-order valence-corrected chi connectivity index (χ3v) is 4.06. The second kappa shape index (κ2) is 6.72. The number of methoxy groups -OCH3 is 1. The molecule has 0 saturated carbocycles. The molecule has 0 radical (unpaired) electrons. The first-order valence-electron chi connectivity index (χ1n) is 8.15. The first-order valence-corrected chi connectivity index (χ1v) is 8.15. The van der Waals surface area contributed by atoms with Crippen molar-refractivity contribution in [2.24, 2.45) is 0 Å². The quantitative estimate of drug-likeness (QED) is 0.717. The van der Waals surface area contributed by atoms with Crippen LogP contribution in [-0.2, 0) is 0 Å². The van der Waals surface area contributed by atoms with E-state index in [0.29, 0.717) is 22.9 Å². The van der Waals surface area contributed by atoms with E-state index in [0.717, 1.165) is 11.1 Å². The van der Waals surface area contributed by atoms with Crippen molar-refractivity contribution in [3.8, 4) is 11.6 Å². The maximum absolute atomic E-state index is 12.9. The first-order chi connectivity index (χ1) is 12.8. The molecule has 5 nitrogen and oxygen atoms in total. The lowest BCUT2D eigenvalue weighted by atomic mass is 10.1. The average molecular weight is 344 g/mol. The van der Waals surface area contributed by atoms with Crippen LogP contribution in [0.5, 0.6) is 11.6 Å². The van der Waals surface area contributed by atoms with E-state index in [1.807, 2.05) is 48.5 Å². The highest BCUT2D eigenvalue weighted by molar-refractivity contribution is 6.11. The summed E-state index contributed by atoms with van der Waals surface area (Å²) in [5.41, 5.74) is 2.94. The summed E-state index contributed by atoms with van der Waals surface area (Å²) < 4.78 is 5.25. The number of amides is 1. The minimum atomic E-state index is -0.258. The maximum atomic E-state index is 12.9. The van der Waals surface area contributed by atoms with E-state index >= 15 is 0 Å². The molecule has 0 atom stereocenters. The highest BCUT2D eigenvalue weighted by Gasteiger charge is 2.35. The Labute approximate surface area is 151 Å². The van der Waals surface area contributed by atoms with Crippen LogP contribution >= 0.6 is 0 Å². The number of aromatic nitrogens is 1. The lowest BCUT2D eigenvalue weighted by molar-refractivity contribution is 0.0107. The van der Waals surface area contributed by atoms with E-state index in [2.05, 4.69) is 4.98 Å². The zero-order valence-electron chi connectivity index (χ0n) is 14.1. The van der Waals surface area contributed by atoms with E-state index in [9.17, 15) is 4.79 Å². The van der Waals surface area contributed by atoms with Gasteiger partial charge in [0.1, 0.15) is 5.75 Å². The molecule has 0 fully saturated rings. The molecule has 128 valence electrons. The summed E-state index contributed by atoms with van der Waals surface area (Å²) in [6.45, 7) is 0. The number of hydrogen-bond donors (Lipinski definition) is 0. The Balaban J connectivity index is 1.81. The van der Waals surface area contributed by atoms with E-state index in [1.54, 1.807) is 37.6 Å². The van der Waals surface area contributed by atoms with Gasteiger partial charge in [0, 0.05) is 17.8 Å². The molecule has 4 rings (SSSR count).